The Labute approximate surface area is 184 Å². The van der Waals surface area contributed by atoms with E-state index in [2.05, 4.69) is 46.5 Å². The van der Waals surface area contributed by atoms with Crippen molar-refractivity contribution in [2.24, 2.45) is 4.99 Å². The van der Waals surface area contributed by atoms with Gasteiger partial charge in [0, 0.05) is 11.1 Å². The Morgan fingerprint density at radius 3 is 2.07 bits per heavy atom. The third-order valence-corrected chi connectivity index (χ3v) is 6.75. The van der Waals surface area contributed by atoms with Gasteiger partial charge in [0.25, 0.3) is 5.91 Å². The Morgan fingerprint density at radius 2 is 1.57 bits per heavy atom. The van der Waals surface area contributed by atoms with Crippen LogP contribution in [0.25, 0.3) is 6.08 Å². The predicted octanol–water partition coefficient (Wildman–Crippen LogP) is 5.98. The molecule has 1 heterocycles. The Bertz CT molecular complexity index is 850. The molecule has 1 aromatic rings. The van der Waals surface area contributed by atoms with Crippen LogP contribution in [0.3, 0.4) is 0 Å². The van der Waals surface area contributed by atoms with Gasteiger partial charge in [-0.1, -0.05) is 60.8 Å². The van der Waals surface area contributed by atoms with Crippen LogP contribution in [0.2, 0.25) is 0 Å². The monoisotopic (exact) mass is 430 g/mol. The Morgan fingerprint density at radius 1 is 1.03 bits per heavy atom. The molecule has 0 aromatic heterocycles. The maximum atomic E-state index is 12.5. The van der Waals surface area contributed by atoms with Gasteiger partial charge in [0.1, 0.15) is 5.75 Å². The molecule has 30 heavy (non-hydrogen) atoms. The summed E-state index contributed by atoms with van der Waals surface area (Å²) in [5.74, 6) is -0.00845. The average molecular weight is 431 g/mol. The molecular formula is C24H34N2O3S. The summed E-state index contributed by atoms with van der Waals surface area (Å²) in [6.45, 7) is 12.4. The number of hydrogen-bond acceptors (Lipinski definition) is 5. The molecule has 0 saturated heterocycles. The smallest absolute Gasteiger partial charge is 0.286 e. The van der Waals surface area contributed by atoms with Crippen LogP contribution in [0.4, 0.5) is 0 Å². The number of phenolic OH excluding ortho intramolecular Hbond substituents is 1. The van der Waals surface area contributed by atoms with E-state index in [0.717, 1.165) is 42.4 Å². The van der Waals surface area contributed by atoms with Gasteiger partial charge < -0.3 is 5.11 Å². The first-order chi connectivity index (χ1) is 13.9. The first-order valence-electron chi connectivity index (χ1n) is 10.8. The maximum absolute atomic E-state index is 12.5. The summed E-state index contributed by atoms with van der Waals surface area (Å²) in [4.78, 5) is 17.1. The minimum atomic E-state index is -0.326. The molecule has 0 unspecified atom stereocenters. The van der Waals surface area contributed by atoms with Gasteiger partial charge in [-0.15, -0.1) is 0 Å². The number of hydroxylamine groups is 2. The lowest BCUT2D eigenvalue weighted by Gasteiger charge is -2.29. The molecule has 164 valence electrons. The van der Waals surface area contributed by atoms with Crippen LogP contribution in [0, 0.1) is 0 Å². The SMILES string of the molecule is CC(C)(C)c1cc(/C=C2\SC(N(O)C3CCCCC3)=NC2=O)cc(C(C)(C)C)c1O. The van der Waals surface area contributed by atoms with Crippen LogP contribution in [-0.4, -0.2) is 32.5 Å². The molecule has 1 aliphatic heterocycles. The van der Waals surface area contributed by atoms with Crippen molar-refractivity contribution in [3.05, 3.63) is 33.7 Å². The first-order valence-corrected chi connectivity index (χ1v) is 11.6. The number of aromatic hydroxyl groups is 1. The van der Waals surface area contributed by atoms with E-state index in [9.17, 15) is 15.1 Å². The summed E-state index contributed by atoms with van der Waals surface area (Å²) in [6, 6.07) is 3.92. The quantitative estimate of drug-likeness (QED) is 0.446. The number of phenols is 1. The minimum Gasteiger partial charge on any atom is -0.507 e. The Balaban J connectivity index is 1.92. The summed E-state index contributed by atoms with van der Waals surface area (Å²) in [6.07, 6.45) is 7.05. The summed E-state index contributed by atoms with van der Waals surface area (Å²) >= 11 is 1.22. The number of thioether (sulfide) groups is 1. The van der Waals surface area contributed by atoms with Crippen LogP contribution >= 0.6 is 11.8 Å². The second-order valence-electron chi connectivity index (χ2n) is 10.4. The molecule has 2 aliphatic rings. The minimum absolute atomic E-state index is 0.0332. The molecule has 1 saturated carbocycles. The number of benzene rings is 1. The van der Waals surface area contributed by atoms with E-state index < -0.39 is 0 Å². The third kappa shape index (κ3) is 4.92. The van der Waals surface area contributed by atoms with Crippen LogP contribution < -0.4 is 0 Å². The van der Waals surface area contributed by atoms with E-state index in [1.165, 1.54) is 23.2 Å². The van der Waals surface area contributed by atoms with Gasteiger partial charge in [0.05, 0.1) is 10.9 Å². The lowest BCUT2D eigenvalue weighted by molar-refractivity contribution is -0.113. The van der Waals surface area contributed by atoms with Crippen molar-refractivity contribution >= 4 is 28.9 Å². The van der Waals surface area contributed by atoms with Crippen LogP contribution in [0.15, 0.2) is 22.0 Å². The van der Waals surface area contributed by atoms with E-state index in [-0.39, 0.29) is 22.8 Å². The summed E-state index contributed by atoms with van der Waals surface area (Å²) in [5, 5.41) is 23.0. The standard InChI is InChI=1S/C24H34N2O3S/c1-23(2,3)17-12-15(13-18(20(17)27)24(4,5)6)14-19-21(28)25-22(30-19)26(29)16-10-8-7-9-11-16/h12-14,16,27,29H,7-11H2,1-6H3/b19-14-. The fourth-order valence-corrected chi connectivity index (χ4v) is 4.91. The van der Waals surface area contributed by atoms with E-state index in [4.69, 9.17) is 0 Å². The zero-order chi connectivity index (χ0) is 22.3. The molecular weight excluding hydrogens is 396 g/mol. The molecule has 6 heteroatoms. The second kappa shape index (κ2) is 8.39. The van der Waals surface area contributed by atoms with E-state index in [0.29, 0.717) is 15.8 Å². The van der Waals surface area contributed by atoms with Crippen LogP contribution in [0.5, 0.6) is 5.75 Å². The topological polar surface area (TPSA) is 73.1 Å². The number of carbonyl (C=O) groups is 1. The van der Waals surface area contributed by atoms with Gasteiger partial charge in [0.2, 0.25) is 0 Å². The molecule has 0 atom stereocenters. The van der Waals surface area contributed by atoms with E-state index in [1.807, 2.05) is 18.2 Å². The lowest BCUT2D eigenvalue weighted by Crippen LogP contribution is -2.36. The molecule has 1 amide bonds. The van der Waals surface area contributed by atoms with Gasteiger partial charge >= 0.3 is 0 Å². The summed E-state index contributed by atoms with van der Waals surface area (Å²) in [7, 11) is 0. The van der Waals surface area contributed by atoms with Gasteiger partial charge in [-0.2, -0.15) is 4.99 Å². The highest BCUT2D eigenvalue weighted by Crippen LogP contribution is 2.41. The number of amidine groups is 1. The zero-order valence-corrected chi connectivity index (χ0v) is 19.8. The summed E-state index contributed by atoms with van der Waals surface area (Å²) in [5.41, 5.74) is 2.08. The molecule has 2 N–H and O–H groups in total. The summed E-state index contributed by atoms with van der Waals surface area (Å²) < 4.78 is 0. The maximum Gasteiger partial charge on any atom is 0.286 e. The van der Waals surface area contributed by atoms with Gasteiger partial charge in [-0.25, -0.2) is 5.06 Å². The highest BCUT2D eigenvalue weighted by molar-refractivity contribution is 8.18. The average Bonchev–Trinajstić information content (AvgIpc) is 3.01. The van der Waals surface area contributed by atoms with Crippen molar-refractivity contribution in [2.75, 3.05) is 0 Å². The first kappa shape index (κ1) is 22.9. The number of rotatable bonds is 2. The molecule has 3 rings (SSSR count). The molecule has 5 nitrogen and oxygen atoms in total. The van der Waals surface area contributed by atoms with Crippen LogP contribution in [0.1, 0.15) is 90.3 Å². The van der Waals surface area contributed by atoms with Crippen LogP contribution in [-0.2, 0) is 15.6 Å². The normalized spacial score (nSPS) is 20.0. The van der Waals surface area contributed by atoms with E-state index in [1.54, 1.807) is 0 Å². The van der Waals surface area contributed by atoms with Gasteiger partial charge in [-0.05, 0) is 59.2 Å². The molecule has 1 aliphatic carbocycles. The highest BCUT2D eigenvalue weighted by atomic mass is 32.2. The number of carbonyl (C=O) groups excluding carboxylic acids is 1. The number of amides is 1. The fraction of sp³-hybridized carbons (Fsp3) is 0.583. The number of hydrogen-bond donors (Lipinski definition) is 2. The van der Waals surface area contributed by atoms with Crippen molar-refractivity contribution in [1.29, 1.82) is 0 Å². The fourth-order valence-electron chi connectivity index (χ4n) is 4.01. The Hall–Kier alpha value is -1.79. The lowest BCUT2D eigenvalue weighted by atomic mass is 9.78. The predicted molar refractivity (Wildman–Crippen MR) is 124 cm³/mol. The zero-order valence-electron chi connectivity index (χ0n) is 19.0. The Kier molecular flexibility index (Phi) is 6.40. The van der Waals surface area contributed by atoms with Gasteiger partial charge in [-0.3, -0.25) is 10.0 Å². The van der Waals surface area contributed by atoms with E-state index >= 15 is 0 Å². The van der Waals surface area contributed by atoms with Crippen molar-refractivity contribution in [2.45, 2.75) is 90.5 Å². The van der Waals surface area contributed by atoms with Crippen molar-refractivity contribution in [3.63, 3.8) is 0 Å². The number of aliphatic imine (C=N–C) groups is 1. The largest absolute Gasteiger partial charge is 0.507 e. The van der Waals surface area contributed by atoms with Crippen molar-refractivity contribution in [1.82, 2.24) is 5.06 Å². The van der Waals surface area contributed by atoms with Gasteiger partial charge in [0.15, 0.2) is 5.17 Å². The second-order valence-corrected chi connectivity index (χ2v) is 11.4. The highest BCUT2D eigenvalue weighted by Gasteiger charge is 2.31. The molecule has 0 spiro atoms. The molecule has 0 radical (unpaired) electrons. The molecule has 1 aromatic carbocycles. The van der Waals surface area contributed by atoms with Crippen molar-refractivity contribution in [3.8, 4) is 5.75 Å². The molecule has 0 bridgehead atoms. The molecule has 1 fully saturated rings. The third-order valence-electron chi connectivity index (χ3n) is 5.77. The number of nitrogens with zero attached hydrogens (tertiary/aromatic N) is 2. The van der Waals surface area contributed by atoms with Crippen molar-refractivity contribution < 1.29 is 15.1 Å².